The fourth-order valence-corrected chi connectivity index (χ4v) is 7.53. The van der Waals surface area contributed by atoms with E-state index in [9.17, 15) is 4.39 Å². The molecule has 4 aliphatic rings. The van der Waals surface area contributed by atoms with Gasteiger partial charge in [-0.05, 0) is 100 Å². The highest BCUT2D eigenvalue weighted by molar-refractivity contribution is 5.97. The van der Waals surface area contributed by atoms with Crippen LogP contribution in [-0.4, -0.2) is 47.7 Å². The van der Waals surface area contributed by atoms with Gasteiger partial charge in [0.15, 0.2) is 0 Å². The lowest BCUT2D eigenvalue weighted by Gasteiger charge is -2.49. The van der Waals surface area contributed by atoms with Gasteiger partial charge in [0.05, 0.1) is 6.10 Å². The highest BCUT2D eigenvalue weighted by atomic mass is 19.1. The van der Waals surface area contributed by atoms with Gasteiger partial charge in [-0.25, -0.2) is 9.38 Å². The van der Waals surface area contributed by atoms with Crippen LogP contribution in [0.25, 0.3) is 0 Å². The Labute approximate surface area is 227 Å². The third kappa shape index (κ3) is 4.92. The summed E-state index contributed by atoms with van der Waals surface area (Å²) >= 11 is 0. The largest absolute Gasteiger partial charge is 0.491 e. The second kappa shape index (κ2) is 10.5. The number of nitrogens with one attached hydrogen (secondary N) is 1. The molecule has 6 atom stereocenters. The number of nitrogens with zero attached hydrogens (tertiary/aromatic N) is 3. The van der Waals surface area contributed by atoms with Crippen LogP contribution in [0.3, 0.4) is 0 Å². The van der Waals surface area contributed by atoms with Gasteiger partial charge in [0.25, 0.3) is 0 Å². The van der Waals surface area contributed by atoms with Crippen molar-refractivity contribution in [2.24, 2.45) is 16.8 Å². The van der Waals surface area contributed by atoms with Gasteiger partial charge in [-0.2, -0.15) is 0 Å². The van der Waals surface area contributed by atoms with Crippen LogP contribution in [0, 0.1) is 17.7 Å². The predicted octanol–water partition coefficient (Wildman–Crippen LogP) is 6.38. The average Bonchev–Trinajstić information content (AvgIpc) is 3.62. The Bertz CT molecular complexity index is 1170. The molecule has 6 heteroatoms. The summed E-state index contributed by atoms with van der Waals surface area (Å²) in [5.74, 6) is 3.59. The third-order valence-corrected chi connectivity index (χ3v) is 9.77. The van der Waals surface area contributed by atoms with Crippen LogP contribution >= 0.6 is 0 Å². The van der Waals surface area contributed by atoms with Crippen LogP contribution in [0.5, 0.6) is 5.75 Å². The number of aliphatic imine (C=N–C) groups is 1. The maximum Gasteiger partial charge on any atom is 0.125 e. The first kappa shape index (κ1) is 25.7. The van der Waals surface area contributed by atoms with Crippen molar-refractivity contribution >= 4 is 11.5 Å². The molecule has 1 saturated heterocycles. The first-order chi connectivity index (χ1) is 18.4. The number of rotatable bonds is 7. The Morgan fingerprint density at radius 3 is 2.76 bits per heavy atom. The highest BCUT2D eigenvalue weighted by Crippen LogP contribution is 2.46. The monoisotopic (exact) mass is 518 g/mol. The molecule has 1 spiro atoms. The predicted molar refractivity (Wildman–Crippen MR) is 152 cm³/mol. The minimum atomic E-state index is -0.215. The molecule has 0 aromatic heterocycles. The van der Waals surface area contributed by atoms with Crippen LogP contribution in [-0.2, 0) is 6.54 Å². The van der Waals surface area contributed by atoms with E-state index >= 15 is 0 Å². The van der Waals surface area contributed by atoms with Gasteiger partial charge in [-0.1, -0.05) is 31.5 Å². The van der Waals surface area contributed by atoms with Crippen molar-refractivity contribution in [1.29, 1.82) is 0 Å². The first-order valence-electron chi connectivity index (χ1n) is 14.8. The lowest BCUT2D eigenvalue weighted by molar-refractivity contribution is 0.120. The zero-order valence-electron chi connectivity index (χ0n) is 23.2. The molecule has 2 heterocycles. The van der Waals surface area contributed by atoms with Gasteiger partial charge in [0.1, 0.15) is 29.6 Å². The number of amidine groups is 1. The van der Waals surface area contributed by atoms with Crippen LogP contribution in [0.15, 0.2) is 53.5 Å². The second-order valence-electron chi connectivity index (χ2n) is 12.3. The van der Waals surface area contributed by atoms with E-state index in [1.54, 1.807) is 6.07 Å². The molecule has 1 N–H and O–H groups in total. The van der Waals surface area contributed by atoms with Gasteiger partial charge >= 0.3 is 0 Å². The molecule has 1 unspecified atom stereocenters. The topological polar surface area (TPSA) is 40.1 Å². The third-order valence-electron chi connectivity index (χ3n) is 9.77. The second-order valence-corrected chi connectivity index (χ2v) is 12.3. The molecular formula is C32H43FN4O. The summed E-state index contributed by atoms with van der Waals surface area (Å²) in [6.07, 6.45) is 8.55. The van der Waals surface area contributed by atoms with Crippen LogP contribution in [0.1, 0.15) is 71.3 Å². The van der Waals surface area contributed by atoms with E-state index in [1.807, 2.05) is 12.1 Å². The number of hydrogen-bond acceptors (Lipinski definition) is 5. The molecule has 2 aliphatic carbocycles. The minimum Gasteiger partial charge on any atom is -0.491 e. The van der Waals surface area contributed by atoms with Crippen LogP contribution < -0.4 is 15.0 Å². The summed E-state index contributed by atoms with van der Waals surface area (Å²) in [6, 6.07) is 16.6. The molecule has 2 aromatic carbocycles. The number of halogens is 1. The SMILES string of the molecule is CC[C@@H](C)Oc1cccc(CN2CC[C@@]3(C[C@@H]2C)C(NC2C[C@H]4CC[C@H]2C4)=NCN3c2cccc(F)c2)c1. The zero-order chi connectivity index (χ0) is 26.3. The molecule has 2 aliphatic heterocycles. The number of likely N-dealkylation sites (tertiary alicyclic amines) is 1. The van der Waals surface area contributed by atoms with Crippen molar-refractivity contribution in [2.45, 2.75) is 96.0 Å². The van der Waals surface area contributed by atoms with Crippen LogP contribution in [0.4, 0.5) is 10.1 Å². The molecule has 2 saturated carbocycles. The maximum atomic E-state index is 14.3. The van der Waals surface area contributed by atoms with Crippen molar-refractivity contribution < 1.29 is 9.13 Å². The number of hydrogen-bond donors (Lipinski definition) is 1. The van der Waals surface area contributed by atoms with Crippen molar-refractivity contribution in [2.75, 3.05) is 18.1 Å². The summed E-state index contributed by atoms with van der Waals surface area (Å²) in [4.78, 5) is 10.1. The minimum absolute atomic E-state index is 0.183. The van der Waals surface area contributed by atoms with E-state index in [2.05, 4.69) is 60.2 Å². The molecule has 5 nitrogen and oxygen atoms in total. The molecule has 38 heavy (non-hydrogen) atoms. The van der Waals surface area contributed by atoms with E-state index < -0.39 is 0 Å². The molecule has 2 bridgehead atoms. The van der Waals surface area contributed by atoms with Gasteiger partial charge in [0, 0.05) is 30.9 Å². The van der Waals surface area contributed by atoms with E-state index in [1.165, 1.54) is 37.3 Å². The Kier molecular flexibility index (Phi) is 7.10. The lowest BCUT2D eigenvalue weighted by Crippen LogP contribution is -2.63. The number of fused-ring (bicyclic) bond motifs is 2. The van der Waals surface area contributed by atoms with Gasteiger partial charge < -0.3 is 15.0 Å². The summed E-state index contributed by atoms with van der Waals surface area (Å²) in [6.45, 7) is 9.09. The summed E-state index contributed by atoms with van der Waals surface area (Å²) < 4.78 is 20.4. The molecular weight excluding hydrogens is 475 g/mol. The molecule has 204 valence electrons. The van der Waals surface area contributed by atoms with Crippen LogP contribution in [0.2, 0.25) is 0 Å². The van der Waals surface area contributed by atoms with Gasteiger partial charge in [-0.15, -0.1) is 0 Å². The van der Waals surface area contributed by atoms with Gasteiger partial charge in [-0.3, -0.25) is 4.90 Å². The molecule has 2 aromatic rings. The van der Waals surface area contributed by atoms with E-state index in [-0.39, 0.29) is 17.5 Å². The summed E-state index contributed by atoms with van der Waals surface area (Å²) in [5, 5.41) is 3.98. The van der Waals surface area contributed by atoms with Crippen molar-refractivity contribution in [1.82, 2.24) is 10.2 Å². The van der Waals surface area contributed by atoms with E-state index in [0.717, 1.165) is 61.5 Å². The van der Waals surface area contributed by atoms with E-state index in [4.69, 9.17) is 9.73 Å². The van der Waals surface area contributed by atoms with Crippen molar-refractivity contribution in [3.05, 3.63) is 59.9 Å². The quantitative estimate of drug-likeness (QED) is 0.462. The standard InChI is InChI=1S/C32H43FN4O/c1-4-23(3)38-29-10-5-7-25(16-29)20-36-14-13-32(19-22(36)2)31(35-30-17-24-11-12-26(30)15-24)34-21-37(32)28-9-6-8-27(33)18-28/h5-10,16,18,22-24,26,30H,4,11-15,17,19-21H2,1-3H3,(H,34,35)/t22-,23+,24-,26-,30?,32+/m0/s1. The molecule has 3 fully saturated rings. The fourth-order valence-electron chi connectivity index (χ4n) is 7.53. The average molecular weight is 519 g/mol. The number of benzene rings is 2. The Morgan fingerprint density at radius 2 is 2.03 bits per heavy atom. The Morgan fingerprint density at radius 1 is 1.16 bits per heavy atom. The number of piperidine rings is 1. The molecule has 0 radical (unpaired) electrons. The van der Waals surface area contributed by atoms with E-state index in [0.29, 0.717) is 18.8 Å². The number of anilines is 1. The smallest absolute Gasteiger partial charge is 0.125 e. The molecule has 0 amide bonds. The Balaban J connectivity index is 1.21. The first-order valence-corrected chi connectivity index (χ1v) is 14.8. The fraction of sp³-hybridized carbons (Fsp3) is 0.594. The number of ether oxygens (including phenoxy) is 1. The van der Waals surface area contributed by atoms with Crippen molar-refractivity contribution in [3.8, 4) is 5.75 Å². The Hall–Kier alpha value is -2.60. The van der Waals surface area contributed by atoms with Gasteiger partial charge in [0.2, 0.25) is 0 Å². The maximum absolute atomic E-state index is 14.3. The zero-order valence-corrected chi connectivity index (χ0v) is 23.2. The summed E-state index contributed by atoms with van der Waals surface area (Å²) in [5.41, 5.74) is 2.01. The lowest BCUT2D eigenvalue weighted by atomic mass is 9.80. The normalized spacial score (nSPS) is 31.6. The highest BCUT2D eigenvalue weighted by Gasteiger charge is 2.51. The van der Waals surface area contributed by atoms with Crippen molar-refractivity contribution in [3.63, 3.8) is 0 Å². The molecule has 6 rings (SSSR count). The summed E-state index contributed by atoms with van der Waals surface area (Å²) in [7, 11) is 0.